The van der Waals surface area contributed by atoms with E-state index >= 15 is 0 Å². The van der Waals surface area contributed by atoms with Gasteiger partial charge in [-0.1, -0.05) is 24.3 Å². The molecule has 4 aromatic rings. The maximum atomic E-state index is 12.3. The van der Waals surface area contributed by atoms with Crippen LogP contribution in [0.25, 0.3) is 32.9 Å². The number of hydrogen-bond acceptors (Lipinski definition) is 5. The summed E-state index contributed by atoms with van der Waals surface area (Å²) in [6, 6.07) is 18.4. The van der Waals surface area contributed by atoms with Crippen LogP contribution in [0.4, 0.5) is 4.79 Å². The first-order valence-electron chi connectivity index (χ1n) is 14.9. The number of carbonyl (C=O) groups excluding carboxylic acids is 1. The Kier molecular flexibility index (Phi) is 6.09. The Morgan fingerprint density at radius 2 is 1.66 bits per heavy atom. The van der Waals surface area contributed by atoms with Gasteiger partial charge < -0.3 is 23.8 Å². The average Bonchev–Trinajstić information content (AvgIpc) is 3.15. The van der Waals surface area contributed by atoms with Gasteiger partial charge in [0.25, 0.3) is 0 Å². The molecule has 7 nitrogen and oxygen atoms in total. The third-order valence-corrected chi connectivity index (χ3v) is 9.56. The quantitative estimate of drug-likeness (QED) is 0.278. The van der Waals surface area contributed by atoms with Crippen molar-refractivity contribution >= 4 is 27.9 Å². The van der Waals surface area contributed by atoms with E-state index in [-0.39, 0.29) is 12.2 Å². The van der Waals surface area contributed by atoms with Gasteiger partial charge in [-0.15, -0.1) is 0 Å². The standard InChI is InChI=1S/C34H40N4O3/c1-33(2,3)41-32(39)38-20-34(21-38)17-25(18-34)36(4)24-15-27(16-24)40-26-9-6-22(7-10-26)23-8-11-28-29-19-35-13-12-30(29)37(5)31(28)14-23/h6-14,19,24-25,27H,15-18,20-21H2,1-5H3. The average molecular weight is 553 g/mol. The van der Waals surface area contributed by atoms with Crippen LogP contribution >= 0.6 is 0 Å². The number of rotatable bonds is 5. The molecule has 2 aliphatic carbocycles. The highest BCUT2D eigenvalue weighted by Gasteiger charge is 2.56. The molecule has 1 amide bonds. The van der Waals surface area contributed by atoms with Crippen LogP contribution < -0.4 is 4.74 Å². The van der Waals surface area contributed by atoms with E-state index in [1.54, 1.807) is 0 Å². The predicted octanol–water partition coefficient (Wildman–Crippen LogP) is 6.63. The van der Waals surface area contributed by atoms with Crippen LogP contribution in [-0.4, -0.2) is 69.4 Å². The van der Waals surface area contributed by atoms with Crippen molar-refractivity contribution < 1.29 is 14.3 Å². The summed E-state index contributed by atoms with van der Waals surface area (Å²) < 4.78 is 14.1. The summed E-state index contributed by atoms with van der Waals surface area (Å²) in [7, 11) is 4.38. The molecule has 1 spiro atoms. The lowest BCUT2D eigenvalue weighted by Crippen LogP contribution is -2.69. The van der Waals surface area contributed by atoms with Crippen molar-refractivity contribution in [1.29, 1.82) is 0 Å². The number of benzene rings is 2. The van der Waals surface area contributed by atoms with Crippen LogP contribution in [0.15, 0.2) is 60.9 Å². The van der Waals surface area contributed by atoms with Crippen LogP contribution in [0.2, 0.25) is 0 Å². The Morgan fingerprint density at radius 3 is 2.37 bits per heavy atom. The number of hydrogen-bond donors (Lipinski definition) is 0. The second-order valence-corrected chi connectivity index (χ2v) is 13.6. The number of nitrogens with zero attached hydrogens (tertiary/aromatic N) is 4. The Balaban J connectivity index is 0.899. The highest BCUT2D eigenvalue weighted by Crippen LogP contribution is 2.51. The van der Waals surface area contributed by atoms with Crippen molar-refractivity contribution in [2.45, 2.75) is 70.2 Å². The molecule has 0 bridgehead atoms. The number of carbonyl (C=O) groups is 1. The minimum Gasteiger partial charge on any atom is -0.490 e. The van der Waals surface area contributed by atoms with Gasteiger partial charge in [0.05, 0.1) is 5.52 Å². The molecular weight excluding hydrogens is 512 g/mol. The smallest absolute Gasteiger partial charge is 0.410 e. The fourth-order valence-corrected chi connectivity index (χ4v) is 7.12. The van der Waals surface area contributed by atoms with Gasteiger partial charge in [-0.25, -0.2) is 4.79 Å². The van der Waals surface area contributed by atoms with Crippen LogP contribution in [0.1, 0.15) is 46.5 Å². The van der Waals surface area contributed by atoms with E-state index in [9.17, 15) is 4.79 Å². The highest BCUT2D eigenvalue weighted by molar-refractivity contribution is 6.08. The minimum absolute atomic E-state index is 0.171. The van der Waals surface area contributed by atoms with Crippen molar-refractivity contribution in [1.82, 2.24) is 19.4 Å². The second kappa shape index (κ2) is 9.48. The van der Waals surface area contributed by atoms with E-state index in [1.807, 2.05) is 38.1 Å². The second-order valence-electron chi connectivity index (χ2n) is 13.6. The first-order chi connectivity index (χ1) is 19.6. The number of likely N-dealkylation sites (tertiary alicyclic amines) is 1. The van der Waals surface area contributed by atoms with Crippen LogP contribution in [0.3, 0.4) is 0 Å². The van der Waals surface area contributed by atoms with Crippen molar-refractivity contribution in [3.05, 3.63) is 60.9 Å². The van der Waals surface area contributed by atoms with Crippen molar-refractivity contribution in [3.63, 3.8) is 0 Å². The van der Waals surface area contributed by atoms with E-state index < -0.39 is 5.60 Å². The lowest BCUT2D eigenvalue weighted by molar-refractivity contribution is -0.121. The molecule has 3 fully saturated rings. The topological polar surface area (TPSA) is 59.8 Å². The Morgan fingerprint density at radius 1 is 0.951 bits per heavy atom. The molecule has 1 aliphatic heterocycles. The molecule has 41 heavy (non-hydrogen) atoms. The SMILES string of the molecule is CN(C1CC(Oc2ccc(-c3ccc4c5cnccc5n(C)c4c3)cc2)C1)C1CC2(C1)CN(C(=O)OC(C)(C)C)C2. The fourth-order valence-electron chi connectivity index (χ4n) is 7.12. The lowest BCUT2D eigenvalue weighted by atomic mass is 9.60. The zero-order chi connectivity index (χ0) is 28.5. The first kappa shape index (κ1) is 26.3. The zero-order valence-corrected chi connectivity index (χ0v) is 24.8. The molecule has 3 aliphatic rings. The third kappa shape index (κ3) is 4.74. The van der Waals surface area contributed by atoms with Gasteiger partial charge in [0.15, 0.2) is 0 Å². The Labute approximate surface area is 242 Å². The summed E-state index contributed by atoms with van der Waals surface area (Å²) >= 11 is 0. The monoisotopic (exact) mass is 552 g/mol. The van der Waals surface area contributed by atoms with Gasteiger partial charge in [-0.3, -0.25) is 4.98 Å². The van der Waals surface area contributed by atoms with Crippen molar-refractivity contribution in [3.8, 4) is 16.9 Å². The third-order valence-electron chi connectivity index (χ3n) is 9.56. The number of ether oxygens (including phenoxy) is 2. The molecule has 1 saturated heterocycles. The van der Waals surface area contributed by atoms with Gasteiger partial charge >= 0.3 is 6.09 Å². The molecule has 3 heterocycles. The normalized spacial score (nSPS) is 22.0. The van der Waals surface area contributed by atoms with E-state index in [1.165, 1.54) is 45.8 Å². The summed E-state index contributed by atoms with van der Waals surface area (Å²) in [5, 5.41) is 2.42. The minimum atomic E-state index is -0.432. The summed E-state index contributed by atoms with van der Waals surface area (Å²) in [6.07, 6.45) is 8.39. The van der Waals surface area contributed by atoms with Crippen LogP contribution in [0, 0.1) is 5.41 Å². The molecule has 2 aromatic heterocycles. The lowest BCUT2D eigenvalue weighted by Gasteiger charge is -2.61. The van der Waals surface area contributed by atoms with Crippen LogP contribution in [0.5, 0.6) is 5.75 Å². The van der Waals surface area contributed by atoms with Crippen LogP contribution in [-0.2, 0) is 11.8 Å². The number of aryl methyl sites for hydroxylation is 1. The largest absolute Gasteiger partial charge is 0.490 e. The first-order valence-corrected chi connectivity index (χ1v) is 14.9. The molecule has 2 saturated carbocycles. The van der Waals surface area contributed by atoms with Crippen molar-refractivity contribution in [2.24, 2.45) is 12.5 Å². The van der Waals surface area contributed by atoms with E-state index in [0.29, 0.717) is 17.5 Å². The van der Waals surface area contributed by atoms with Gasteiger partial charge in [-0.05, 0) is 76.1 Å². The molecule has 0 N–H and O–H groups in total. The Hall–Kier alpha value is -3.58. The number of aromatic nitrogens is 2. The van der Waals surface area contributed by atoms with Gasteiger partial charge in [-0.2, -0.15) is 0 Å². The van der Waals surface area contributed by atoms with Gasteiger partial charge in [0.2, 0.25) is 0 Å². The number of fused-ring (bicyclic) bond motifs is 3. The number of amides is 1. The van der Waals surface area contributed by atoms with Gasteiger partial charge in [0.1, 0.15) is 17.5 Å². The number of pyridine rings is 1. The van der Waals surface area contributed by atoms with E-state index in [0.717, 1.165) is 31.7 Å². The molecule has 0 unspecified atom stereocenters. The van der Waals surface area contributed by atoms with E-state index in [2.05, 4.69) is 77.1 Å². The molecule has 7 rings (SSSR count). The molecule has 0 radical (unpaired) electrons. The highest BCUT2D eigenvalue weighted by atomic mass is 16.6. The maximum Gasteiger partial charge on any atom is 0.410 e. The predicted molar refractivity (Wildman–Crippen MR) is 162 cm³/mol. The molecule has 7 heteroatoms. The van der Waals surface area contributed by atoms with Gasteiger partial charge in [0, 0.05) is 79.2 Å². The maximum absolute atomic E-state index is 12.3. The molecule has 0 atom stereocenters. The Bertz CT molecular complexity index is 1600. The van der Waals surface area contributed by atoms with E-state index in [4.69, 9.17) is 9.47 Å². The van der Waals surface area contributed by atoms with Crippen molar-refractivity contribution in [2.75, 3.05) is 20.1 Å². The molecule has 214 valence electrons. The summed E-state index contributed by atoms with van der Waals surface area (Å²) in [5.74, 6) is 0.941. The summed E-state index contributed by atoms with van der Waals surface area (Å²) in [5.41, 5.74) is 4.68. The molecule has 2 aromatic carbocycles. The zero-order valence-electron chi connectivity index (χ0n) is 24.8. The summed E-state index contributed by atoms with van der Waals surface area (Å²) in [4.78, 5) is 21.0. The molecular formula is C34H40N4O3. The summed E-state index contributed by atoms with van der Waals surface area (Å²) in [6.45, 7) is 7.44. The fraction of sp³-hybridized carbons (Fsp3) is 0.471.